The highest BCUT2D eigenvalue weighted by Gasteiger charge is 2.69. The first-order valence-corrected chi connectivity index (χ1v) is 10.5. The van der Waals surface area contributed by atoms with Gasteiger partial charge >= 0.3 is 0 Å². The zero-order chi connectivity index (χ0) is 19.5. The fourth-order valence-electron chi connectivity index (χ4n) is 5.87. The van der Waals surface area contributed by atoms with Gasteiger partial charge < -0.3 is 14.2 Å². The third-order valence-corrected chi connectivity index (χ3v) is 7.40. The predicted molar refractivity (Wildman–Crippen MR) is 98.0 cm³/mol. The molecule has 1 aromatic carbocycles. The lowest BCUT2D eigenvalue weighted by atomic mass is 9.58. The van der Waals surface area contributed by atoms with E-state index in [9.17, 15) is 4.39 Å². The lowest BCUT2D eigenvalue weighted by molar-refractivity contribution is -0.577. The highest BCUT2D eigenvalue weighted by Crippen LogP contribution is 2.60. The van der Waals surface area contributed by atoms with Crippen LogP contribution in [-0.4, -0.2) is 24.0 Å². The van der Waals surface area contributed by atoms with Gasteiger partial charge in [-0.3, -0.25) is 0 Å². The van der Waals surface area contributed by atoms with Gasteiger partial charge in [0.25, 0.3) is 0 Å². The molecule has 6 unspecified atom stereocenters. The van der Waals surface area contributed by atoms with E-state index in [0.29, 0.717) is 18.4 Å². The van der Waals surface area contributed by atoms with E-state index >= 15 is 0 Å². The van der Waals surface area contributed by atoms with Crippen molar-refractivity contribution in [1.29, 1.82) is 0 Å². The predicted octanol–water partition coefficient (Wildman–Crippen LogP) is 4.55. The average Bonchev–Trinajstić information content (AvgIpc) is 2.90. The summed E-state index contributed by atoms with van der Waals surface area (Å²) in [6.45, 7) is 6.67. The fourth-order valence-corrected chi connectivity index (χ4v) is 5.87. The lowest BCUT2D eigenvalue weighted by Crippen LogP contribution is -2.70. The summed E-state index contributed by atoms with van der Waals surface area (Å²) in [4.78, 5) is 12.0. The number of fused-ring (bicyclic) bond motifs is 2. The maximum absolute atomic E-state index is 13.5. The van der Waals surface area contributed by atoms with Gasteiger partial charge in [0.2, 0.25) is 5.79 Å². The smallest absolute Gasteiger partial charge is 0.201 e. The van der Waals surface area contributed by atoms with Crippen LogP contribution in [0.3, 0.4) is 0 Å². The Kier molecular flexibility index (Phi) is 4.56. The van der Waals surface area contributed by atoms with Crippen molar-refractivity contribution in [3.05, 3.63) is 35.6 Å². The van der Waals surface area contributed by atoms with Crippen LogP contribution in [0.5, 0.6) is 0 Å². The van der Waals surface area contributed by atoms with Crippen molar-refractivity contribution in [2.45, 2.75) is 77.0 Å². The van der Waals surface area contributed by atoms with E-state index in [2.05, 4.69) is 13.8 Å². The number of rotatable bonds is 3. The Morgan fingerprint density at radius 1 is 1.14 bits per heavy atom. The molecule has 2 bridgehead atoms. The van der Waals surface area contributed by atoms with Gasteiger partial charge in [0.1, 0.15) is 5.82 Å². The van der Waals surface area contributed by atoms with Gasteiger partial charge in [-0.2, -0.15) is 0 Å². The Balaban J connectivity index is 1.41. The normalized spacial score (nSPS) is 47.4. The van der Waals surface area contributed by atoms with Crippen molar-refractivity contribution in [2.75, 3.05) is 0 Å². The first kappa shape index (κ1) is 18.9. The first-order valence-electron chi connectivity index (χ1n) is 10.5. The van der Waals surface area contributed by atoms with Crippen molar-refractivity contribution in [3.8, 4) is 0 Å². The molecule has 8 atom stereocenters. The Labute approximate surface area is 165 Å². The molecule has 5 aliphatic rings. The zero-order valence-electron chi connectivity index (χ0n) is 16.7. The van der Waals surface area contributed by atoms with Gasteiger partial charge in [0.15, 0.2) is 18.2 Å². The highest BCUT2D eigenvalue weighted by molar-refractivity contribution is 5.15. The molecular formula is C22H29FO5. The maximum Gasteiger partial charge on any atom is 0.201 e. The third kappa shape index (κ3) is 2.84. The van der Waals surface area contributed by atoms with Crippen LogP contribution in [0.25, 0.3) is 0 Å². The van der Waals surface area contributed by atoms with Gasteiger partial charge in [0, 0.05) is 18.3 Å². The van der Waals surface area contributed by atoms with Gasteiger partial charge in [-0.05, 0) is 55.7 Å². The van der Waals surface area contributed by atoms with Gasteiger partial charge in [-0.25, -0.2) is 14.2 Å². The molecule has 154 valence electrons. The summed E-state index contributed by atoms with van der Waals surface area (Å²) in [6.07, 6.45) is 3.05. The Hall–Kier alpha value is -1.05. The van der Waals surface area contributed by atoms with E-state index in [0.717, 1.165) is 31.2 Å². The van der Waals surface area contributed by atoms with Crippen LogP contribution in [0.2, 0.25) is 0 Å². The number of hydrogen-bond acceptors (Lipinski definition) is 5. The molecule has 1 aliphatic carbocycles. The van der Waals surface area contributed by atoms with E-state index in [1.165, 1.54) is 12.1 Å². The molecule has 0 N–H and O–H groups in total. The van der Waals surface area contributed by atoms with Gasteiger partial charge in [-0.15, -0.1) is 0 Å². The minimum Gasteiger partial charge on any atom is -0.348 e. The Morgan fingerprint density at radius 3 is 2.82 bits per heavy atom. The van der Waals surface area contributed by atoms with Crippen LogP contribution in [0, 0.1) is 29.5 Å². The van der Waals surface area contributed by atoms with Crippen molar-refractivity contribution in [2.24, 2.45) is 23.7 Å². The SMILES string of the molecule is CC1CCC2[C@@H](C)C(OCc3cccc(F)c3)OC3OC4(C)CCC1[C@]32OO4. The van der Waals surface area contributed by atoms with Crippen LogP contribution in [0.1, 0.15) is 52.0 Å². The molecule has 1 aromatic rings. The second-order valence-corrected chi connectivity index (χ2v) is 9.21. The number of halogens is 1. The third-order valence-electron chi connectivity index (χ3n) is 7.40. The second kappa shape index (κ2) is 6.74. The van der Waals surface area contributed by atoms with Crippen molar-refractivity contribution in [1.82, 2.24) is 0 Å². The topological polar surface area (TPSA) is 46.2 Å². The zero-order valence-corrected chi connectivity index (χ0v) is 16.7. The van der Waals surface area contributed by atoms with Crippen LogP contribution in [0.4, 0.5) is 4.39 Å². The molecular weight excluding hydrogens is 363 g/mol. The molecule has 0 radical (unpaired) electrons. The largest absolute Gasteiger partial charge is 0.348 e. The quantitative estimate of drug-likeness (QED) is 0.706. The van der Waals surface area contributed by atoms with E-state index < -0.39 is 24.0 Å². The van der Waals surface area contributed by atoms with Crippen molar-refractivity contribution >= 4 is 0 Å². The van der Waals surface area contributed by atoms with Crippen molar-refractivity contribution in [3.63, 3.8) is 0 Å². The maximum atomic E-state index is 13.5. The lowest BCUT2D eigenvalue weighted by Gasteiger charge is -2.60. The first-order chi connectivity index (χ1) is 13.4. The van der Waals surface area contributed by atoms with Gasteiger partial charge in [0.05, 0.1) is 6.61 Å². The van der Waals surface area contributed by atoms with E-state index in [1.807, 2.05) is 13.0 Å². The molecule has 0 amide bonds. The summed E-state index contributed by atoms with van der Waals surface area (Å²) >= 11 is 0. The van der Waals surface area contributed by atoms with Crippen molar-refractivity contribution < 1.29 is 28.4 Å². The summed E-state index contributed by atoms with van der Waals surface area (Å²) in [5.74, 6) is 0.177. The number of hydrogen-bond donors (Lipinski definition) is 0. The molecule has 4 aliphatic heterocycles. The average molecular weight is 392 g/mol. The fraction of sp³-hybridized carbons (Fsp3) is 0.727. The minimum absolute atomic E-state index is 0.120. The summed E-state index contributed by atoms with van der Waals surface area (Å²) < 4.78 is 32.3. The Bertz CT molecular complexity index is 743. The molecule has 5 nitrogen and oxygen atoms in total. The molecule has 28 heavy (non-hydrogen) atoms. The Morgan fingerprint density at radius 2 is 2.00 bits per heavy atom. The monoisotopic (exact) mass is 392 g/mol. The molecule has 6 rings (SSSR count). The summed E-state index contributed by atoms with van der Waals surface area (Å²) in [5.41, 5.74) is 0.215. The molecule has 5 fully saturated rings. The summed E-state index contributed by atoms with van der Waals surface area (Å²) in [6, 6.07) is 6.49. The molecule has 1 spiro atoms. The van der Waals surface area contributed by atoms with E-state index in [1.54, 1.807) is 6.07 Å². The van der Waals surface area contributed by atoms with E-state index in [4.69, 9.17) is 24.0 Å². The summed E-state index contributed by atoms with van der Waals surface area (Å²) in [5, 5.41) is 0. The minimum atomic E-state index is -0.786. The molecule has 0 aromatic heterocycles. The van der Waals surface area contributed by atoms with Crippen LogP contribution in [-0.2, 0) is 30.6 Å². The molecule has 4 heterocycles. The standard InChI is InChI=1S/C22H29FO5/c1-13-7-8-18-14(2)19(24-12-15-5-4-6-16(23)11-15)25-20-22(18)17(13)9-10-21(3,26-20)27-28-22/h4-6,11,13-14,17-20H,7-10,12H2,1-3H3/t13?,14-,17?,18?,19?,20?,21?,22-/m1/s1. The highest BCUT2D eigenvalue weighted by atomic mass is 19.1. The van der Waals surface area contributed by atoms with Crippen LogP contribution < -0.4 is 0 Å². The second-order valence-electron chi connectivity index (χ2n) is 9.21. The van der Waals surface area contributed by atoms with Gasteiger partial charge in [-0.1, -0.05) is 26.0 Å². The summed E-state index contributed by atoms with van der Waals surface area (Å²) in [7, 11) is 0. The number of benzene rings is 1. The molecule has 4 saturated heterocycles. The van der Waals surface area contributed by atoms with Crippen LogP contribution in [0.15, 0.2) is 24.3 Å². The van der Waals surface area contributed by atoms with Crippen LogP contribution >= 0.6 is 0 Å². The number of ether oxygens (including phenoxy) is 3. The van der Waals surface area contributed by atoms with E-state index in [-0.39, 0.29) is 17.7 Å². The molecule has 1 saturated carbocycles. The molecule has 6 heteroatoms.